The molecule has 5 nitrogen and oxygen atoms in total. The molecule has 2 aromatic rings. The van der Waals surface area contributed by atoms with Crippen molar-refractivity contribution < 1.29 is 9.90 Å². The van der Waals surface area contributed by atoms with Gasteiger partial charge in [0.2, 0.25) is 0 Å². The van der Waals surface area contributed by atoms with Gasteiger partial charge in [-0.3, -0.25) is 4.98 Å². The number of pyridine rings is 1. The molecule has 0 fully saturated rings. The van der Waals surface area contributed by atoms with Crippen LogP contribution in [0.25, 0.3) is 0 Å². The van der Waals surface area contributed by atoms with Crippen LogP contribution in [0.4, 0.5) is 11.4 Å². The molecule has 0 atom stereocenters. The largest absolute Gasteiger partial charge is 0.478 e. The monoisotopic (exact) mass is 257 g/mol. The minimum atomic E-state index is -0.960. The van der Waals surface area contributed by atoms with E-state index in [1.54, 1.807) is 24.5 Å². The summed E-state index contributed by atoms with van der Waals surface area (Å²) in [5, 5.41) is 9.00. The molecule has 0 unspecified atom stereocenters. The highest BCUT2D eigenvalue weighted by Crippen LogP contribution is 2.25. The second kappa shape index (κ2) is 5.39. The fraction of sp³-hybridized carbons (Fsp3) is 0.143. The molecule has 3 N–H and O–H groups in total. The number of rotatable bonds is 4. The Balaban J connectivity index is 2.25. The van der Waals surface area contributed by atoms with Crippen LogP contribution >= 0.6 is 0 Å². The minimum Gasteiger partial charge on any atom is -0.478 e. The van der Waals surface area contributed by atoms with E-state index in [1.807, 2.05) is 24.1 Å². The second-order valence-electron chi connectivity index (χ2n) is 4.29. The van der Waals surface area contributed by atoms with Crippen molar-refractivity contribution in [2.75, 3.05) is 17.7 Å². The van der Waals surface area contributed by atoms with Crippen LogP contribution in [0.1, 0.15) is 15.9 Å². The van der Waals surface area contributed by atoms with Crippen molar-refractivity contribution >= 4 is 17.3 Å². The first kappa shape index (κ1) is 12.9. The number of hydrogen-bond acceptors (Lipinski definition) is 4. The lowest BCUT2D eigenvalue weighted by Gasteiger charge is -2.21. The fourth-order valence-corrected chi connectivity index (χ4v) is 1.85. The Kier molecular flexibility index (Phi) is 3.66. The van der Waals surface area contributed by atoms with Crippen LogP contribution in [0.5, 0.6) is 0 Å². The Morgan fingerprint density at radius 2 is 2.00 bits per heavy atom. The highest BCUT2D eigenvalue weighted by atomic mass is 16.4. The van der Waals surface area contributed by atoms with E-state index >= 15 is 0 Å². The van der Waals surface area contributed by atoms with E-state index in [0.29, 0.717) is 17.9 Å². The molecule has 1 heterocycles. The average Bonchev–Trinajstić information content (AvgIpc) is 2.40. The molecular formula is C14H15N3O2. The van der Waals surface area contributed by atoms with Gasteiger partial charge in [0, 0.05) is 26.0 Å². The molecule has 0 bridgehead atoms. The number of aromatic carboxylic acids is 1. The summed E-state index contributed by atoms with van der Waals surface area (Å²) in [5.74, 6) is -0.960. The molecule has 0 spiro atoms. The number of hydrogen-bond donors (Lipinski definition) is 2. The van der Waals surface area contributed by atoms with E-state index in [0.717, 1.165) is 5.56 Å². The topological polar surface area (TPSA) is 79.5 Å². The number of carbonyl (C=O) groups is 1. The molecule has 0 aliphatic carbocycles. The van der Waals surface area contributed by atoms with Crippen molar-refractivity contribution in [3.8, 4) is 0 Å². The molecule has 0 aliphatic heterocycles. The number of carboxylic acid groups (broad SMARTS) is 1. The van der Waals surface area contributed by atoms with Crippen molar-refractivity contribution in [3.05, 3.63) is 53.9 Å². The third-order valence-corrected chi connectivity index (χ3v) is 2.86. The predicted molar refractivity (Wildman–Crippen MR) is 74.2 cm³/mol. The summed E-state index contributed by atoms with van der Waals surface area (Å²) in [7, 11) is 1.87. The SMILES string of the molecule is CN(Cc1ccncc1)c1cc(C(=O)O)ccc1N. The maximum Gasteiger partial charge on any atom is 0.335 e. The Labute approximate surface area is 111 Å². The maximum atomic E-state index is 11.0. The molecule has 5 heteroatoms. The zero-order chi connectivity index (χ0) is 13.8. The summed E-state index contributed by atoms with van der Waals surface area (Å²) in [4.78, 5) is 16.9. The number of anilines is 2. The third-order valence-electron chi connectivity index (χ3n) is 2.86. The highest BCUT2D eigenvalue weighted by Gasteiger charge is 2.10. The van der Waals surface area contributed by atoms with E-state index in [1.165, 1.54) is 6.07 Å². The maximum absolute atomic E-state index is 11.0. The quantitative estimate of drug-likeness (QED) is 0.819. The van der Waals surface area contributed by atoms with Gasteiger partial charge in [-0.2, -0.15) is 0 Å². The van der Waals surface area contributed by atoms with Crippen LogP contribution < -0.4 is 10.6 Å². The van der Waals surface area contributed by atoms with E-state index in [2.05, 4.69) is 4.98 Å². The van der Waals surface area contributed by atoms with Gasteiger partial charge in [-0.15, -0.1) is 0 Å². The van der Waals surface area contributed by atoms with Gasteiger partial charge >= 0.3 is 5.97 Å². The van der Waals surface area contributed by atoms with Gasteiger partial charge < -0.3 is 15.7 Å². The standard InChI is InChI=1S/C14H15N3O2/c1-17(9-10-4-6-16-7-5-10)13-8-11(14(18)19)2-3-12(13)15/h2-8H,9,15H2,1H3,(H,18,19). The molecule has 0 amide bonds. The van der Waals surface area contributed by atoms with Gasteiger partial charge in [0.1, 0.15) is 0 Å². The van der Waals surface area contributed by atoms with Crippen molar-refractivity contribution in [1.29, 1.82) is 0 Å². The Morgan fingerprint density at radius 3 is 2.63 bits per heavy atom. The molecule has 1 aromatic heterocycles. The van der Waals surface area contributed by atoms with Gasteiger partial charge in [-0.05, 0) is 35.9 Å². The first-order chi connectivity index (χ1) is 9.08. The molecule has 0 saturated heterocycles. The van der Waals surface area contributed by atoms with Gasteiger partial charge in [-0.25, -0.2) is 4.79 Å². The summed E-state index contributed by atoms with van der Waals surface area (Å²) in [6.45, 7) is 0.635. The molecule has 0 aliphatic rings. The van der Waals surface area contributed by atoms with Crippen LogP contribution in [-0.4, -0.2) is 23.1 Å². The van der Waals surface area contributed by atoms with E-state index in [9.17, 15) is 4.79 Å². The van der Waals surface area contributed by atoms with Crippen molar-refractivity contribution in [2.45, 2.75) is 6.54 Å². The van der Waals surface area contributed by atoms with Gasteiger partial charge in [0.15, 0.2) is 0 Å². The van der Waals surface area contributed by atoms with E-state index in [4.69, 9.17) is 10.8 Å². The lowest BCUT2D eigenvalue weighted by molar-refractivity contribution is 0.0697. The van der Waals surface area contributed by atoms with Gasteiger partial charge in [-0.1, -0.05) is 0 Å². The minimum absolute atomic E-state index is 0.228. The summed E-state index contributed by atoms with van der Waals surface area (Å²) in [6.07, 6.45) is 3.44. The number of nitrogen functional groups attached to an aromatic ring is 1. The van der Waals surface area contributed by atoms with Crippen LogP contribution in [0, 0.1) is 0 Å². The molecule has 2 rings (SSSR count). The zero-order valence-corrected chi connectivity index (χ0v) is 10.6. The second-order valence-corrected chi connectivity index (χ2v) is 4.29. The number of nitrogens with zero attached hydrogens (tertiary/aromatic N) is 2. The first-order valence-electron chi connectivity index (χ1n) is 5.81. The molecule has 19 heavy (non-hydrogen) atoms. The lowest BCUT2D eigenvalue weighted by atomic mass is 10.1. The average molecular weight is 257 g/mol. The van der Waals surface area contributed by atoms with E-state index < -0.39 is 5.97 Å². The van der Waals surface area contributed by atoms with Crippen molar-refractivity contribution in [2.24, 2.45) is 0 Å². The molecule has 0 radical (unpaired) electrons. The lowest BCUT2D eigenvalue weighted by Crippen LogP contribution is -2.18. The Morgan fingerprint density at radius 1 is 1.32 bits per heavy atom. The van der Waals surface area contributed by atoms with Crippen LogP contribution in [-0.2, 0) is 6.54 Å². The van der Waals surface area contributed by atoms with Crippen LogP contribution in [0.3, 0.4) is 0 Å². The van der Waals surface area contributed by atoms with E-state index in [-0.39, 0.29) is 5.56 Å². The predicted octanol–water partition coefficient (Wildman–Crippen LogP) is 2.00. The van der Waals surface area contributed by atoms with Crippen molar-refractivity contribution in [1.82, 2.24) is 4.98 Å². The van der Waals surface area contributed by atoms with Gasteiger partial charge in [0.25, 0.3) is 0 Å². The number of benzene rings is 1. The van der Waals surface area contributed by atoms with Gasteiger partial charge in [0.05, 0.1) is 16.9 Å². The molecular weight excluding hydrogens is 242 g/mol. The number of nitrogens with two attached hydrogens (primary N) is 1. The fourth-order valence-electron chi connectivity index (χ4n) is 1.85. The Hall–Kier alpha value is -2.56. The Bertz CT molecular complexity index is 584. The third kappa shape index (κ3) is 3.01. The molecule has 98 valence electrons. The summed E-state index contributed by atoms with van der Waals surface area (Å²) < 4.78 is 0. The molecule has 0 saturated carbocycles. The van der Waals surface area contributed by atoms with Crippen molar-refractivity contribution in [3.63, 3.8) is 0 Å². The van der Waals surface area contributed by atoms with Crippen LogP contribution in [0.15, 0.2) is 42.7 Å². The number of aromatic nitrogens is 1. The zero-order valence-electron chi connectivity index (χ0n) is 10.6. The summed E-state index contributed by atoms with van der Waals surface area (Å²) >= 11 is 0. The summed E-state index contributed by atoms with van der Waals surface area (Å²) in [6, 6.07) is 8.52. The van der Waals surface area contributed by atoms with Crippen LogP contribution in [0.2, 0.25) is 0 Å². The normalized spacial score (nSPS) is 10.2. The smallest absolute Gasteiger partial charge is 0.335 e. The summed E-state index contributed by atoms with van der Waals surface area (Å²) in [5.41, 5.74) is 8.47. The number of carboxylic acids is 1. The highest BCUT2D eigenvalue weighted by molar-refractivity contribution is 5.90. The first-order valence-corrected chi connectivity index (χ1v) is 5.81. The molecule has 1 aromatic carbocycles.